The van der Waals surface area contributed by atoms with Crippen LogP contribution in [0.4, 0.5) is 0 Å². The molecule has 1 amide bonds. The molecule has 2 aromatic carbocycles. The van der Waals surface area contributed by atoms with E-state index in [-0.39, 0.29) is 11.8 Å². The molecule has 1 fully saturated rings. The van der Waals surface area contributed by atoms with E-state index in [1.807, 2.05) is 11.0 Å². The van der Waals surface area contributed by atoms with Gasteiger partial charge >= 0.3 is 0 Å². The van der Waals surface area contributed by atoms with Crippen LogP contribution >= 0.6 is 0 Å². The second kappa shape index (κ2) is 7.36. The Balaban J connectivity index is 1.75. The predicted molar refractivity (Wildman–Crippen MR) is 106 cm³/mol. The average Bonchev–Trinajstić information content (AvgIpc) is 3.36. The summed E-state index contributed by atoms with van der Waals surface area (Å²) in [6, 6.07) is 16.9. The van der Waals surface area contributed by atoms with Crippen molar-refractivity contribution in [2.45, 2.75) is 38.5 Å². The lowest BCUT2D eigenvalue weighted by Gasteiger charge is -2.21. The van der Waals surface area contributed by atoms with Crippen LogP contribution in [0.5, 0.6) is 0 Å². The number of amides is 1. The molecule has 0 radical (unpaired) electrons. The van der Waals surface area contributed by atoms with Crippen molar-refractivity contribution in [2.24, 2.45) is 0 Å². The van der Waals surface area contributed by atoms with Gasteiger partial charge in [-0.05, 0) is 36.0 Å². The quantitative estimate of drug-likeness (QED) is 0.702. The number of hydrogen-bond donors (Lipinski definition) is 1. The number of aromatic nitrogens is 1. The summed E-state index contributed by atoms with van der Waals surface area (Å²) in [4.78, 5) is 18.4. The fraction of sp³-hybridized carbons (Fsp3) is 0.348. The van der Waals surface area contributed by atoms with E-state index in [9.17, 15) is 4.79 Å². The maximum Gasteiger partial charge on any atom is 0.223 e. The number of rotatable bonds is 5. The third-order valence-corrected chi connectivity index (χ3v) is 5.63. The Hall–Kier alpha value is -2.55. The summed E-state index contributed by atoms with van der Waals surface area (Å²) in [5, 5.41) is 1.24. The minimum atomic E-state index is 0.0881. The van der Waals surface area contributed by atoms with Gasteiger partial charge in [0, 0.05) is 42.5 Å². The van der Waals surface area contributed by atoms with Crippen molar-refractivity contribution >= 4 is 16.8 Å². The molecule has 2 heterocycles. The smallest absolute Gasteiger partial charge is 0.223 e. The van der Waals surface area contributed by atoms with Gasteiger partial charge in [-0.3, -0.25) is 4.79 Å². The van der Waals surface area contributed by atoms with E-state index < -0.39 is 0 Å². The van der Waals surface area contributed by atoms with Gasteiger partial charge in [-0.2, -0.15) is 0 Å². The summed E-state index contributed by atoms with van der Waals surface area (Å²) < 4.78 is 0. The molecular formula is C23H26N2O. The number of benzene rings is 2. The second-order valence-electron chi connectivity index (χ2n) is 7.19. The van der Waals surface area contributed by atoms with Gasteiger partial charge < -0.3 is 9.88 Å². The van der Waals surface area contributed by atoms with E-state index in [1.165, 1.54) is 27.6 Å². The van der Waals surface area contributed by atoms with Gasteiger partial charge in [0.25, 0.3) is 0 Å². The third-order valence-electron chi connectivity index (χ3n) is 5.63. The molecule has 0 saturated carbocycles. The van der Waals surface area contributed by atoms with Crippen molar-refractivity contribution in [3.05, 3.63) is 71.4 Å². The number of para-hydroxylation sites is 1. The van der Waals surface area contributed by atoms with Crippen LogP contribution in [0.3, 0.4) is 0 Å². The summed E-state index contributed by atoms with van der Waals surface area (Å²) in [5.41, 5.74) is 4.97. The molecule has 4 rings (SSSR count). The average molecular weight is 346 g/mol. The van der Waals surface area contributed by atoms with Crippen molar-refractivity contribution < 1.29 is 4.79 Å². The maximum atomic E-state index is 12.9. The van der Waals surface area contributed by atoms with E-state index in [0.717, 1.165) is 32.4 Å². The molecule has 0 aliphatic carbocycles. The second-order valence-corrected chi connectivity index (χ2v) is 7.19. The number of carbonyl (C=O) groups excluding carboxylic acids is 1. The van der Waals surface area contributed by atoms with Crippen molar-refractivity contribution in [2.75, 3.05) is 13.1 Å². The number of H-pyrrole nitrogens is 1. The van der Waals surface area contributed by atoms with Crippen molar-refractivity contribution in [3.63, 3.8) is 0 Å². The van der Waals surface area contributed by atoms with Crippen LogP contribution in [0.2, 0.25) is 0 Å². The lowest BCUT2D eigenvalue weighted by molar-refractivity contribution is -0.130. The van der Waals surface area contributed by atoms with Gasteiger partial charge in [0.2, 0.25) is 5.91 Å². The number of fused-ring (bicyclic) bond motifs is 1. The zero-order valence-corrected chi connectivity index (χ0v) is 15.4. The molecule has 1 aliphatic heterocycles. The molecule has 3 aromatic rings. The molecule has 134 valence electrons. The Morgan fingerprint density at radius 3 is 2.58 bits per heavy atom. The SMILES string of the molecule is CCc1cccc2c(C(CC(=O)N3CCCC3)c3ccccc3)c[nH]c12. The highest BCUT2D eigenvalue weighted by Crippen LogP contribution is 2.35. The normalized spacial score (nSPS) is 15.5. The Morgan fingerprint density at radius 2 is 1.85 bits per heavy atom. The van der Waals surface area contributed by atoms with E-state index in [2.05, 4.69) is 60.6 Å². The highest BCUT2D eigenvalue weighted by Gasteiger charge is 2.25. The lowest BCUT2D eigenvalue weighted by atomic mass is 9.87. The number of aromatic amines is 1. The molecule has 1 saturated heterocycles. The van der Waals surface area contributed by atoms with Crippen molar-refractivity contribution in [1.29, 1.82) is 0 Å². The number of nitrogens with one attached hydrogen (secondary N) is 1. The summed E-state index contributed by atoms with van der Waals surface area (Å²) in [5.74, 6) is 0.363. The van der Waals surface area contributed by atoms with Crippen LogP contribution in [0.15, 0.2) is 54.7 Å². The first-order chi connectivity index (χ1) is 12.8. The van der Waals surface area contributed by atoms with Gasteiger partial charge in [-0.15, -0.1) is 0 Å². The van der Waals surface area contributed by atoms with Crippen LogP contribution in [-0.2, 0) is 11.2 Å². The molecule has 1 N–H and O–H groups in total. The minimum Gasteiger partial charge on any atom is -0.361 e. The summed E-state index contributed by atoms with van der Waals surface area (Å²) in [6.45, 7) is 4.00. The Morgan fingerprint density at radius 1 is 1.08 bits per heavy atom. The zero-order chi connectivity index (χ0) is 17.9. The molecule has 1 unspecified atom stereocenters. The first kappa shape index (κ1) is 16.9. The van der Waals surface area contributed by atoms with Gasteiger partial charge in [0.1, 0.15) is 0 Å². The van der Waals surface area contributed by atoms with Gasteiger partial charge in [0.15, 0.2) is 0 Å². The minimum absolute atomic E-state index is 0.0881. The van der Waals surface area contributed by atoms with E-state index in [0.29, 0.717) is 6.42 Å². The van der Waals surface area contributed by atoms with Crippen LogP contribution in [0.25, 0.3) is 10.9 Å². The first-order valence-electron chi connectivity index (χ1n) is 9.69. The zero-order valence-electron chi connectivity index (χ0n) is 15.4. The number of carbonyl (C=O) groups is 1. The molecule has 26 heavy (non-hydrogen) atoms. The standard InChI is InChI=1S/C23H26N2O/c1-2-17-11-8-12-19-21(16-24-23(17)19)20(18-9-4-3-5-10-18)15-22(26)25-13-6-7-14-25/h3-5,8-12,16,20,24H,2,6-7,13-15H2,1H3. The summed E-state index contributed by atoms with van der Waals surface area (Å²) in [6.07, 6.45) is 5.91. The largest absolute Gasteiger partial charge is 0.361 e. The van der Waals surface area contributed by atoms with E-state index >= 15 is 0 Å². The third kappa shape index (κ3) is 3.14. The molecule has 1 atom stereocenters. The van der Waals surface area contributed by atoms with Crippen LogP contribution in [0.1, 0.15) is 48.8 Å². The van der Waals surface area contributed by atoms with Crippen LogP contribution in [-0.4, -0.2) is 28.9 Å². The maximum absolute atomic E-state index is 12.9. The Labute approximate surface area is 155 Å². The number of aryl methyl sites for hydroxylation is 1. The highest BCUT2D eigenvalue weighted by atomic mass is 16.2. The molecule has 1 aromatic heterocycles. The van der Waals surface area contributed by atoms with Gasteiger partial charge in [-0.25, -0.2) is 0 Å². The van der Waals surface area contributed by atoms with Gasteiger partial charge in [0.05, 0.1) is 0 Å². The van der Waals surface area contributed by atoms with Crippen molar-refractivity contribution in [3.8, 4) is 0 Å². The molecule has 0 bridgehead atoms. The first-order valence-corrected chi connectivity index (χ1v) is 9.69. The Kier molecular flexibility index (Phi) is 4.79. The van der Waals surface area contributed by atoms with E-state index in [4.69, 9.17) is 0 Å². The fourth-order valence-electron chi connectivity index (χ4n) is 4.18. The van der Waals surface area contributed by atoms with Crippen LogP contribution in [0, 0.1) is 0 Å². The fourth-order valence-corrected chi connectivity index (χ4v) is 4.18. The topological polar surface area (TPSA) is 36.1 Å². The molecule has 0 spiro atoms. The summed E-state index contributed by atoms with van der Waals surface area (Å²) in [7, 11) is 0. The monoisotopic (exact) mass is 346 g/mol. The predicted octanol–water partition coefficient (Wildman–Crippen LogP) is 4.87. The molecule has 1 aliphatic rings. The molecule has 3 heteroatoms. The number of likely N-dealkylation sites (tertiary alicyclic amines) is 1. The molecule has 3 nitrogen and oxygen atoms in total. The molecular weight excluding hydrogens is 320 g/mol. The number of nitrogens with zero attached hydrogens (tertiary/aromatic N) is 1. The highest BCUT2D eigenvalue weighted by molar-refractivity contribution is 5.88. The van der Waals surface area contributed by atoms with Crippen molar-refractivity contribution in [1.82, 2.24) is 9.88 Å². The summed E-state index contributed by atoms with van der Waals surface area (Å²) >= 11 is 0. The Bertz CT molecular complexity index is 891. The van der Waals surface area contributed by atoms with Crippen LogP contribution < -0.4 is 0 Å². The van der Waals surface area contributed by atoms with E-state index in [1.54, 1.807) is 0 Å². The number of hydrogen-bond acceptors (Lipinski definition) is 1. The lowest BCUT2D eigenvalue weighted by Crippen LogP contribution is -2.29. The van der Waals surface area contributed by atoms with Gasteiger partial charge in [-0.1, -0.05) is 55.5 Å².